The lowest BCUT2D eigenvalue weighted by Gasteiger charge is -2.35. The molecule has 0 N–H and O–H groups in total. The molecule has 0 aliphatic heterocycles. The highest BCUT2D eigenvalue weighted by Gasteiger charge is 2.31. The lowest BCUT2D eigenvalue weighted by atomic mass is 9.85. The largest absolute Gasteiger partial charge is 0.233 e. The Morgan fingerprint density at radius 2 is 0.808 bits per heavy atom. The summed E-state index contributed by atoms with van der Waals surface area (Å²) in [6.07, 6.45) is 15.6. The molecule has 0 aromatic rings. The predicted molar refractivity (Wildman–Crippen MR) is 115 cm³/mol. The third-order valence-corrected chi connectivity index (χ3v) is 5.36. The summed E-state index contributed by atoms with van der Waals surface area (Å²) in [5.41, 5.74) is 0.239. The number of rotatable bonds is 15. The summed E-state index contributed by atoms with van der Waals surface area (Å²) >= 11 is 0. The van der Waals surface area contributed by atoms with Gasteiger partial charge in [-0.2, -0.15) is 0 Å². The van der Waals surface area contributed by atoms with Gasteiger partial charge in [-0.1, -0.05) is 120 Å². The first-order valence-electron chi connectivity index (χ1n) is 11.4. The van der Waals surface area contributed by atoms with E-state index in [1.54, 1.807) is 0 Å². The van der Waals surface area contributed by atoms with Crippen molar-refractivity contribution in [3.05, 3.63) is 0 Å². The Morgan fingerprint density at radius 1 is 0.500 bits per heavy atom. The summed E-state index contributed by atoms with van der Waals surface area (Å²) in [5, 5.41) is 0. The van der Waals surface area contributed by atoms with Crippen LogP contribution in [0.3, 0.4) is 0 Å². The molecular formula is C24H50O2. The molecule has 158 valence electrons. The molecular weight excluding hydrogens is 320 g/mol. The Bertz CT molecular complexity index is 279. The van der Waals surface area contributed by atoms with Gasteiger partial charge in [-0.15, -0.1) is 0 Å². The van der Waals surface area contributed by atoms with E-state index in [1.165, 1.54) is 64.2 Å². The van der Waals surface area contributed by atoms with Crippen LogP contribution in [0, 0.1) is 10.8 Å². The van der Waals surface area contributed by atoms with E-state index in [2.05, 4.69) is 55.4 Å². The van der Waals surface area contributed by atoms with E-state index in [-0.39, 0.29) is 23.0 Å². The van der Waals surface area contributed by atoms with Crippen molar-refractivity contribution in [2.45, 2.75) is 145 Å². The minimum atomic E-state index is 0.119. The summed E-state index contributed by atoms with van der Waals surface area (Å²) in [5.74, 6) is 0. The van der Waals surface area contributed by atoms with Crippen LogP contribution in [0.5, 0.6) is 0 Å². The number of hydrogen-bond acceptors (Lipinski definition) is 2. The van der Waals surface area contributed by atoms with Crippen LogP contribution in [0.4, 0.5) is 0 Å². The first kappa shape index (κ1) is 25.9. The molecule has 26 heavy (non-hydrogen) atoms. The van der Waals surface area contributed by atoms with E-state index >= 15 is 0 Å². The van der Waals surface area contributed by atoms with Gasteiger partial charge in [0.25, 0.3) is 0 Å². The van der Waals surface area contributed by atoms with Crippen molar-refractivity contribution in [2.24, 2.45) is 10.8 Å². The van der Waals surface area contributed by atoms with Crippen LogP contribution in [0.25, 0.3) is 0 Å². The molecule has 0 aromatic heterocycles. The Labute approximate surface area is 165 Å². The maximum absolute atomic E-state index is 6.08. The second kappa shape index (κ2) is 14.0. The second-order valence-corrected chi connectivity index (χ2v) is 10.3. The monoisotopic (exact) mass is 370 g/mol. The van der Waals surface area contributed by atoms with Gasteiger partial charge < -0.3 is 0 Å². The van der Waals surface area contributed by atoms with Crippen LogP contribution in [0.1, 0.15) is 132 Å². The molecule has 0 radical (unpaired) electrons. The highest BCUT2D eigenvalue weighted by Crippen LogP contribution is 2.31. The lowest BCUT2D eigenvalue weighted by Crippen LogP contribution is -2.35. The maximum atomic E-state index is 6.08. The average molecular weight is 371 g/mol. The summed E-state index contributed by atoms with van der Waals surface area (Å²) in [6.45, 7) is 18.1. The SMILES string of the molecule is CCCCCCCC(OOC(CCCCCCC)C(C)(C)C)C(C)(C)C. The number of hydrogen-bond donors (Lipinski definition) is 0. The van der Waals surface area contributed by atoms with Gasteiger partial charge in [0.15, 0.2) is 0 Å². The van der Waals surface area contributed by atoms with Gasteiger partial charge in [0.1, 0.15) is 0 Å². The molecule has 2 nitrogen and oxygen atoms in total. The van der Waals surface area contributed by atoms with Gasteiger partial charge in [0.2, 0.25) is 0 Å². The van der Waals surface area contributed by atoms with Crippen molar-refractivity contribution in [2.75, 3.05) is 0 Å². The van der Waals surface area contributed by atoms with Crippen LogP contribution in [-0.4, -0.2) is 12.2 Å². The zero-order valence-corrected chi connectivity index (χ0v) is 19.5. The molecule has 0 rings (SSSR count). The van der Waals surface area contributed by atoms with E-state index in [0.29, 0.717) is 0 Å². The fourth-order valence-electron chi connectivity index (χ4n) is 3.25. The molecule has 0 bridgehead atoms. The van der Waals surface area contributed by atoms with Crippen molar-refractivity contribution in [3.63, 3.8) is 0 Å². The van der Waals surface area contributed by atoms with Gasteiger partial charge in [0.05, 0.1) is 12.2 Å². The molecule has 2 unspecified atom stereocenters. The molecule has 0 saturated carbocycles. The van der Waals surface area contributed by atoms with Gasteiger partial charge in [-0.05, 0) is 23.7 Å². The zero-order chi connectivity index (χ0) is 20.1. The van der Waals surface area contributed by atoms with Gasteiger partial charge >= 0.3 is 0 Å². The third kappa shape index (κ3) is 13.1. The normalized spacial score (nSPS) is 15.2. The van der Waals surface area contributed by atoms with E-state index in [1.807, 2.05) is 0 Å². The Kier molecular flexibility index (Phi) is 14.0. The van der Waals surface area contributed by atoms with E-state index < -0.39 is 0 Å². The summed E-state index contributed by atoms with van der Waals surface area (Å²) in [7, 11) is 0. The molecule has 0 heterocycles. The van der Waals surface area contributed by atoms with Gasteiger partial charge in [-0.25, -0.2) is 9.78 Å². The lowest BCUT2D eigenvalue weighted by molar-refractivity contribution is -0.380. The topological polar surface area (TPSA) is 18.5 Å². The number of unbranched alkanes of at least 4 members (excludes halogenated alkanes) is 8. The standard InChI is InChI=1S/C24H50O2/c1-9-11-13-15-17-19-21(23(3,4)5)25-26-22(24(6,7)8)20-18-16-14-12-10-2/h21-22H,9-20H2,1-8H3. The minimum absolute atomic E-state index is 0.119. The molecule has 0 amide bonds. The Balaban J connectivity index is 4.45. The molecule has 0 saturated heterocycles. The van der Waals surface area contributed by atoms with Crippen molar-refractivity contribution in [3.8, 4) is 0 Å². The summed E-state index contributed by atoms with van der Waals surface area (Å²) < 4.78 is 0. The predicted octanol–water partition coefficient (Wildman–Crippen LogP) is 8.49. The summed E-state index contributed by atoms with van der Waals surface area (Å²) in [6, 6.07) is 0. The second-order valence-electron chi connectivity index (χ2n) is 10.3. The van der Waals surface area contributed by atoms with E-state index in [0.717, 1.165) is 12.8 Å². The highest BCUT2D eigenvalue weighted by molar-refractivity contribution is 4.76. The van der Waals surface area contributed by atoms with Crippen molar-refractivity contribution >= 4 is 0 Å². The van der Waals surface area contributed by atoms with Gasteiger partial charge in [-0.3, -0.25) is 0 Å². The van der Waals surface area contributed by atoms with Crippen LogP contribution < -0.4 is 0 Å². The average Bonchev–Trinajstić information content (AvgIpc) is 2.52. The van der Waals surface area contributed by atoms with Crippen LogP contribution in [-0.2, 0) is 9.78 Å². The molecule has 0 spiro atoms. The zero-order valence-electron chi connectivity index (χ0n) is 19.5. The molecule has 0 aliphatic carbocycles. The first-order valence-corrected chi connectivity index (χ1v) is 11.4. The fourth-order valence-corrected chi connectivity index (χ4v) is 3.25. The van der Waals surface area contributed by atoms with Crippen molar-refractivity contribution in [1.82, 2.24) is 0 Å². The van der Waals surface area contributed by atoms with E-state index in [9.17, 15) is 0 Å². The Hall–Kier alpha value is -0.0800. The van der Waals surface area contributed by atoms with E-state index in [4.69, 9.17) is 9.78 Å². The maximum Gasteiger partial charge on any atom is 0.0978 e. The molecule has 0 aliphatic rings. The quantitative estimate of drug-likeness (QED) is 0.163. The third-order valence-electron chi connectivity index (χ3n) is 5.36. The molecule has 2 heteroatoms. The summed E-state index contributed by atoms with van der Waals surface area (Å²) in [4.78, 5) is 12.2. The molecule has 2 atom stereocenters. The Morgan fingerprint density at radius 3 is 1.08 bits per heavy atom. The molecule has 0 fully saturated rings. The fraction of sp³-hybridized carbons (Fsp3) is 1.00. The van der Waals surface area contributed by atoms with Crippen LogP contribution >= 0.6 is 0 Å². The first-order chi connectivity index (χ1) is 12.1. The van der Waals surface area contributed by atoms with Crippen LogP contribution in [0.2, 0.25) is 0 Å². The van der Waals surface area contributed by atoms with Crippen molar-refractivity contribution < 1.29 is 9.78 Å². The van der Waals surface area contributed by atoms with Gasteiger partial charge in [0, 0.05) is 0 Å². The highest BCUT2D eigenvalue weighted by atomic mass is 17.2. The van der Waals surface area contributed by atoms with Crippen LogP contribution in [0.15, 0.2) is 0 Å². The minimum Gasteiger partial charge on any atom is -0.233 e. The molecule has 0 aromatic carbocycles. The van der Waals surface area contributed by atoms with Crippen molar-refractivity contribution in [1.29, 1.82) is 0 Å². The smallest absolute Gasteiger partial charge is 0.0978 e.